The van der Waals surface area contributed by atoms with E-state index < -0.39 is 24.3 Å². The van der Waals surface area contributed by atoms with Crippen LogP contribution in [0.15, 0.2) is 42.4 Å². The minimum absolute atomic E-state index is 0.643. The van der Waals surface area contributed by atoms with E-state index in [0.29, 0.717) is 11.6 Å². The number of aromatic nitrogens is 4. The minimum Gasteiger partial charge on any atom is -0.475 e. The van der Waals surface area contributed by atoms with Gasteiger partial charge in [-0.2, -0.15) is 26.3 Å². The average molecular weight is 567 g/mol. The minimum atomic E-state index is -5.08. The van der Waals surface area contributed by atoms with Gasteiger partial charge >= 0.3 is 24.3 Å². The molecule has 4 heterocycles. The van der Waals surface area contributed by atoms with Crippen LogP contribution in [-0.2, 0) is 29.0 Å². The van der Waals surface area contributed by atoms with Crippen LogP contribution in [0.3, 0.4) is 0 Å². The molecular formula is C21H19F6N5O5S. The molecule has 3 aromatic rings. The summed E-state index contributed by atoms with van der Waals surface area (Å²) < 4.78 is 69.4. The second kappa shape index (κ2) is 13.6. The number of thiazole rings is 1. The predicted octanol–water partition coefficient (Wildman–Crippen LogP) is 3.99. The summed E-state index contributed by atoms with van der Waals surface area (Å²) >= 11 is 1.70. The van der Waals surface area contributed by atoms with Gasteiger partial charge < -0.3 is 14.9 Å². The lowest BCUT2D eigenvalue weighted by Crippen LogP contribution is -2.25. The maximum Gasteiger partial charge on any atom is 0.490 e. The topological polar surface area (TPSA) is 139 Å². The number of hydrogen-bond acceptors (Lipinski definition) is 9. The molecule has 2 N–H and O–H groups in total. The van der Waals surface area contributed by atoms with Crippen LogP contribution >= 0.6 is 11.3 Å². The molecule has 1 aliphatic heterocycles. The maximum absolute atomic E-state index is 10.6. The molecule has 0 spiro atoms. The molecule has 38 heavy (non-hydrogen) atoms. The van der Waals surface area contributed by atoms with Crippen LogP contribution < -0.4 is 4.74 Å². The zero-order chi connectivity index (χ0) is 28.3. The first-order valence-electron chi connectivity index (χ1n) is 10.4. The summed E-state index contributed by atoms with van der Waals surface area (Å²) in [7, 11) is 0. The van der Waals surface area contributed by atoms with Crippen LogP contribution in [0.25, 0.3) is 0 Å². The fourth-order valence-electron chi connectivity index (χ4n) is 2.83. The third-order valence-corrected chi connectivity index (χ3v) is 5.28. The molecule has 0 amide bonds. The van der Waals surface area contributed by atoms with Gasteiger partial charge in [0.15, 0.2) is 0 Å². The second-order valence-corrected chi connectivity index (χ2v) is 8.18. The van der Waals surface area contributed by atoms with Gasteiger partial charge in [0, 0.05) is 42.8 Å². The van der Waals surface area contributed by atoms with Gasteiger partial charge in [-0.05, 0) is 18.6 Å². The summed E-state index contributed by atoms with van der Waals surface area (Å²) in [5.74, 6) is -4.17. The Hall–Kier alpha value is -3.86. The molecule has 0 saturated heterocycles. The molecule has 3 aromatic heterocycles. The molecule has 0 saturated carbocycles. The monoisotopic (exact) mass is 567 g/mol. The van der Waals surface area contributed by atoms with Gasteiger partial charge in [0.05, 0.1) is 18.4 Å². The molecule has 4 rings (SSSR count). The predicted molar refractivity (Wildman–Crippen MR) is 119 cm³/mol. The molecule has 17 heteroatoms. The van der Waals surface area contributed by atoms with Crippen molar-refractivity contribution in [2.45, 2.75) is 31.7 Å². The fraction of sp³-hybridized carbons (Fsp3) is 0.333. The van der Waals surface area contributed by atoms with Crippen molar-refractivity contribution in [2.75, 3.05) is 13.1 Å². The first kappa shape index (κ1) is 30.4. The number of carboxylic acid groups (broad SMARTS) is 2. The summed E-state index contributed by atoms with van der Waals surface area (Å²) in [6, 6.07) is 3.73. The quantitative estimate of drug-likeness (QED) is 0.445. The number of ether oxygens (including phenoxy) is 1. The Labute approximate surface area is 214 Å². The van der Waals surface area contributed by atoms with Crippen LogP contribution in [0, 0.1) is 0 Å². The average Bonchev–Trinajstić information content (AvgIpc) is 3.26. The van der Waals surface area contributed by atoms with Gasteiger partial charge in [-0.25, -0.2) is 24.5 Å². The molecule has 0 atom stereocenters. The molecule has 0 aliphatic carbocycles. The number of pyridine rings is 1. The van der Waals surface area contributed by atoms with Crippen molar-refractivity contribution in [3.8, 4) is 11.6 Å². The highest BCUT2D eigenvalue weighted by Gasteiger charge is 2.38. The smallest absolute Gasteiger partial charge is 0.475 e. The van der Waals surface area contributed by atoms with Crippen LogP contribution in [0.4, 0.5) is 26.3 Å². The Morgan fingerprint density at radius 1 is 0.974 bits per heavy atom. The standard InChI is InChI=1S/C17H17N5OS.2C2HF3O2/c1-2-13(10-18-5-1)23-17-14-3-7-22(11-16-19-6-9-24-16)8-4-15(14)20-12-21-17;2*3-2(4,5)1(6)7/h1-2,5-6,9-10,12H,3-4,7-8,11H2;2*(H,6,7). The Balaban J connectivity index is 0.000000301. The van der Waals surface area contributed by atoms with E-state index in [-0.39, 0.29) is 0 Å². The van der Waals surface area contributed by atoms with Crippen LogP contribution in [-0.4, -0.2) is 72.4 Å². The Kier molecular flexibility index (Phi) is 10.9. The van der Waals surface area contributed by atoms with E-state index in [2.05, 4.69) is 24.8 Å². The van der Waals surface area contributed by atoms with E-state index in [9.17, 15) is 26.3 Å². The maximum atomic E-state index is 10.6. The van der Waals surface area contributed by atoms with Gasteiger partial charge in [0.25, 0.3) is 0 Å². The Bertz CT molecular complexity index is 1160. The lowest BCUT2D eigenvalue weighted by Gasteiger charge is -2.17. The Morgan fingerprint density at radius 3 is 2.13 bits per heavy atom. The van der Waals surface area contributed by atoms with E-state index in [0.717, 1.165) is 48.7 Å². The lowest BCUT2D eigenvalue weighted by molar-refractivity contribution is -0.193. The van der Waals surface area contributed by atoms with Crippen LogP contribution in [0.2, 0.25) is 0 Å². The number of carboxylic acids is 2. The number of hydrogen-bond donors (Lipinski definition) is 2. The molecule has 0 bridgehead atoms. The number of aliphatic carboxylic acids is 2. The molecule has 10 nitrogen and oxygen atoms in total. The van der Waals surface area contributed by atoms with Crippen LogP contribution in [0.5, 0.6) is 11.6 Å². The molecule has 206 valence electrons. The van der Waals surface area contributed by atoms with Crippen molar-refractivity contribution in [1.82, 2.24) is 24.8 Å². The van der Waals surface area contributed by atoms with E-state index in [1.807, 2.05) is 23.7 Å². The number of rotatable bonds is 4. The van der Waals surface area contributed by atoms with Gasteiger partial charge in [-0.3, -0.25) is 9.88 Å². The summed E-state index contributed by atoms with van der Waals surface area (Å²) in [5, 5.41) is 17.4. The number of carbonyl (C=O) groups is 2. The molecule has 0 unspecified atom stereocenters. The Morgan fingerprint density at radius 2 is 1.61 bits per heavy atom. The van der Waals surface area contributed by atoms with Gasteiger partial charge in [0.1, 0.15) is 17.1 Å². The molecule has 0 fully saturated rings. The van der Waals surface area contributed by atoms with E-state index in [1.165, 1.54) is 0 Å². The first-order chi connectivity index (χ1) is 17.8. The number of halogens is 6. The van der Waals surface area contributed by atoms with Crippen molar-refractivity contribution in [3.05, 3.63) is 58.7 Å². The second-order valence-electron chi connectivity index (χ2n) is 7.20. The molecular weight excluding hydrogens is 548 g/mol. The normalized spacial score (nSPS) is 13.5. The zero-order valence-corrected chi connectivity index (χ0v) is 19.9. The summed E-state index contributed by atoms with van der Waals surface area (Å²) in [6.45, 7) is 2.80. The highest BCUT2D eigenvalue weighted by atomic mass is 32.1. The van der Waals surface area contributed by atoms with Gasteiger partial charge in [0.2, 0.25) is 5.88 Å². The van der Waals surface area contributed by atoms with Crippen molar-refractivity contribution in [3.63, 3.8) is 0 Å². The van der Waals surface area contributed by atoms with Crippen molar-refractivity contribution in [2.24, 2.45) is 0 Å². The van der Waals surface area contributed by atoms with E-state index in [4.69, 9.17) is 24.5 Å². The highest BCUT2D eigenvalue weighted by molar-refractivity contribution is 7.09. The lowest BCUT2D eigenvalue weighted by atomic mass is 10.1. The SMILES string of the molecule is O=C(O)C(F)(F)F.O=C(O)C(F)(F)F.c1cncc(Oc2ncnc3c2CCN(Cc2nccs2)CC3)c1. The third-order valence-electron chi connectivity index (χ3n) is 4.51. The van der Waals surface area contributed by atoms with Gasteiger partial charge in [-0.1, -0.05) is 0 Å². The highest BCUT2D eigenvalue weighted by Crippen LogP contribution is 2.27. The van der Waals surface area contributed by atoms with Crippen LogP contribution in [0.1, 0.15) is 16.3 Å². The van der Waals surface area contributed by atoms with Crippen molar-refractivity contribution >= 4 is 23.3 Å². The summed E-state index contributed by atoms with van der Waals surface area (Å²) in [6.07, 6.45) is -1.54. The molecule has 0 aromatic carbocycles. The van der Waals surface area contributed by atoms with E-state index in [1.54, 1.807) is 30.1 Å². The summed E-state index contributed by atoms with van der Waals surface area (Å²) in [5.41, 5.74) is 2.17. The van der Waals surface area contributed by atoms with E-state index >= 15 is 0 Å². The van der Waals surface area contributed by atoms with Crippen molar-refractivity contribution in [1.29, 1.82) is 0 Å². The van der Waals surface area contributed by atoms with Gasteiger partial charge in [-0.15, -0.1) is 11.3 Å². The number of alkyl halides is 6. The number of nitrogens with zero attached hydrogens (tertiary/aromatic N) is 5. The molecule has 1 aliphatic rings. The van der Waals surface area contributed by atoms with Crippen molar-refractivity contribution < 1.29 is 50.9 Å². The third kappa shape index (κ3) is 10.3. The fourth-order valence-corrected chi connectivity index (χ4v) is 3.49. The first-order valence-corrected chi connectivity index (χ1v) is 11.3. The zero-order valence-electron chi connectivity index (χ0n) is 19.1. The number of fused-ring (bicyclic) bond motifs is 1. The molecule has 0 radical (unpaired) electrons. The largest absolute Gasteiger partial charge is 0.490 e. The summed E-state index contributed by atoms with van der Waals surface area (Å²) in [4.78, 5) is 37.5.